The van der Waals surface area contributed by atoms with Crippen molar-refractivity contribution in [3.8, 4) is 6.07 Å². The van der Waals surface area contributed by atoms with Crippen LogP contribution in [0, 0.1) is 25.2 Å². The first-order valence-corrected chi connectivity index (χ1v) is 10.9. The minimum Gasteiger partial charge on any atom is -0.361 e. The number of nitrogens with one attached hydrogen (secondary N) is 1. The summed E-state index contributed by atoms with van der Waals surface area (Å²) in [6.45, 7) is 7.42. The third-order valence-corrected chi connectivity index (χ3v) is 6.58. The minimum absolute atomic E-state index is 0.524. The summed E-state index contributed by atoms with van der Waals surface area (Å²) in [7, 11) is 0. The van der Waals surface area contributed by atoms with Crippen molar-refractivity contribution in [2.45, 2.75) is 51.6 Å². The topological polar surface area (TPSA) is 71.8 Å². The molecule has 6 heteroatoms. The number of aryl methyl sites for hydroxylation is 3. The van der Waals surface area contributed by atoms with E-state index in [1.54, 1.807) is 0 Å². The van der Waals surface area contributed by atoms with Gasteiger partial charge in [0.1, 0.15) is 0 Å². The van der Waals surface area contributed by atoms with Gasteiger partial charge in [-0.3, -0.25) is 4.90 Å². The number of anilines is 1. The van der Waals surface area contributed by atoms with Gasteiger partial charge in [0.25, 0.3) is 0 Å². The van der Waals surface area contributed by atoms with E-state index < -0.39 is 0 Å². The average Bonchev–Trinajstić information content (AvgIpc) is 3.25. The zero-order chi connectivity index (χ0) is 20.7. The van der Waals surface area contributed by atoms with Crippen LogP contribution < -0.4 is 4.90 Å². The van der Waals surface area contributed by atoms with Gasteiger partial charge < -0.3 is 9.88 Å². The van der Waals surface area contributed by atoms with E-state index in [4.69, 9.17) is 9.97 Å². The maximum absolute atomic E-state index is 9.18. The fourth-order valence-corrected chi connectivity index (χ4v) is 5.27. The van der Waals surface area contributed by atoms with E-state index in [9.17, 15) is 5.26 Å². The van der Waals surface area contributed by atoms with Crippen LogP contribution >= 0.6 is 0 Å². The molecule has 2 saturated heterocycles. The highest BCUT2D eigenvalue weighted by Gasteiger charge is 2.41. The third-order valence-electron chi connectivity index (χ3n) is 6.58. The SMILES string of the molecule is Cc1cc(C)nc(N2C3CCC2CN(CCCc2c[nH]c4ccc(C#N)cc24)C3)n1. The van der Waals surface area contributed by atoms with E-state index in [-0.39, 0.29) is 0 Å². The van der Waals surface area contributed by atoms with Crippen LogP contribution in [0.15, 0.2) is 30.5 Å². The summed E-state index contributed by atoms with van der Waals surface area (Å²) < 4.78 is 0. The monoisotopic (exact) mass is 400 g/mol. The Morgan fingerprint density at radius 3 is 2.53 bits per heavy atom. The van der Waals surface area contributed by atoms with Crippen LogP contribution in [0.1, 0.15) is 41.8 Å². The van der Waals surface area contributed by atoms with Crippen molar-refractivity contribution in [2.75, 3.05) is 24.5 Å². The molecule has 0 radical (unpaired) electrons. The van der Waals surface area contributed by atoms with Crippen molar-refractivity contribution in [1.82, 2.24) is 19.9 Å². The third kappa shape index (κ3) is 3.54. The Morgan fingerprint density at radius 1 is 1.10 bits per heavy atom. The number of piperazine rings is 1. The number of nitrogens with zero attached hydrogens (tertiary/aromatic N) is 5. The standard InChI is InChI=1S/C24H28N6/c1-16-10-17(2)28-24(27-16)30-20-6-7-21(30)15-29(14-20)9-3-4-19-13-26-23-8-5-18(12-25)11-22(19)23/h5,8,10-11,13,20-21,26H,3-4,6-7,9,14-15H2,1-2H3. The molecule has 2 fully saturated rings. The number of hydrogen-bond acceptors (Lipinski definition) is 5. The molecule has 0 aliphatic carbocycles. The van der Waals surface area contributed by atoms with E-state index >= 15 is 0 Å². The van der Waals surface area contributed by atoms with Gasteiger partial charge >= 0.3 is 0 Å². The molecule has 3 aromatic rings. The van der Waals surface area contributed by atoms with Crippen LogP contribution in [0.3, 0.4) is 0 Å². The van der Waals surface area contributed by atoms with Gasteiger partial charge in [-0.15, -0.1) is 0 Å². The van der Waals surface area contributed by atoms with Crippen molar-refractivity contribution in [3.63, 3.8) is 0 Å². The van der Waals surface area contributed by atoms with Crippen LogP contribution in [0.4, 0.5) is 5.95 Å². The molecule has 0 saturated carbocycles. The summed E-state index contributed by atoms with van der Waals surface area (Å²) in [6.07, 6.45) is 6.73. The van der Waals surface area contributed by atoms with E-state index in [0.29, 0.717) is 12.1 Å². The molecule has 5 rings (SSSR count). The first-order valence-electron chi connectivity index (χ1n) is 10.9. The molecule has 2 aliphatic heterocycles. The molecular weight excluding hydrogens is 372 g/mol. The summed E-state index contributed by atoms with van der Waals surface area (Å²) >= 11 is 0. The molecule has 2 aromatic heterocycles. The first kappa shape index (κ1) is 19.1. The molecule has 1 aromatic carbocycles. The maximum atomic E-state index is 9.18. The van der Waals surface area contributed by atoms with Gasteiger partial charge in [-0.1, -0.05) is 0 Å². The van der Waals surface area contributed by atoms with E-state index in [0.717, 1.165) is 60.9 Å². The van der Waals surface area contributed by atoms with Gasteiger partial charge in [0.15, 0.2) is 0 Å². The number of likely N-dealkylation sites (tertiary alicyclic amines) is 1. The Hall–Kier alpha value is -2.91. The molecule has 4 heterocycles. The second-order valence-electron chi connectivity index (χ2n) is 8.79. The summed E-state index contributed by atoms with van der Waals surface area (Å²) in [6, 6.07) is 11.2. The summed E-state index contributed by atoms with van der Waals surface area (Å²) in [5, 5.41) is 10.4. The highest BCUT2D eigenvalue weighted by Crippen LogP contribution is 2.33. The van der Waals surface area contributed by atoms with Gasteiger partial charge in [-0.2, -0.15) is 5.26 Å². The Balaban J connectivity index is 1.22. The average molecular weight is 401 g/mol. The first-order chi connectivity index (χ1) is 14.6. The second-order valence-corrected chi connectivity index (χ2v) is 8.79. The summed E-state index contributed by atoms with van der Waals surface area (Å²) in [4.78, 5) is 17.9. The molecule has 6 nitrogen and oxygen atoms in total. The predicted octanol–water partition coefficient (Wildman–Crippen LogP) is 3.73. The van der Waals surface area contributed by atoms with Gasteiger partial charge in [0.2, 0.25) is 5.95 Å². The molecule has 154 valence electrons. The predicted molar refractivity (Wildman–Crippen MR) is 119 cm³/mol. The van der Waals surface area contributed by atoms with Gasteiger partial charge in [0, 0.05) is 53.7 Å². The molecule has 2 aliphatic rings. The fraction of sp³-hybridized carbons (Fsp3) is 0.458. The quantitative estimate of drug-likeness (QED) is 0.706. The number of nitriles is 1. The normalized spacial score (nSPS) is 21.3. The molecule has 0 amide bonds. The molecule has 2 unspecified atom stereocenters. The largest absolute Gasteiger partial charge is 0.361 e. The number of aromatic nitrogens is 3. The van der Waals surface area contributed by atoms with E-state index in [1.807, 2.05) is 24.3 Å². The molecule has 2 atom stereocenters. The van der Waals surface area contributed by atoms with E-state index in [1.165, 1.54) is 23.8 Å². The van der Waals surface area contributed by atoms with Crippen molar-refractivity contribution < 1.29 is 0 Å². The molecule has 1 N–H and O–H groups in total. The Morgan fingerprint density at radius 2 is 1.83 bits per heavy atom. The minimum atomic E-state index is 0.524. The van der Waals surface area contributed by atoms with Crippen molar-refractivity contribution in [1.29, 1.82) is 5.26 Å². The lowest BCUT2D eigenvalue weighted by Gasteiger charge is -2.41. The van der Waals surface area contributed by atoms with Crippen LogP contribution in [0.25, 0.3) is 10.9 Å². The number of H-pyrrole nitrogens is 1. The highest BCUT2D eigenvalue weighted by atomic mass is 15.4. The Labute approximate surface area is 177 Å². The van der Waals surface area contributed by atoms with Gasteiger partial charge in [-0.05, 0) is 75.9 Å². The Bertz CT molecular complexity index is 1080. The van der Waals surface area contributed by atoms with Gasteiger partial charge in [-0.25, -0.2) is 9.97 Å². The van der Waals surface area contributed by atoms with Gasteiger partial charge in [0.05, 0.1) is 11.6 Å². The molecule has 0 spiro atoms. The fourth-order valence-electron chi connectivity index (χ4n) is 5.27. The van der Waals surface area contributed by atoms with E-state index in [2.05, 4.69) is 40.9 Å². The molecule has 30 heavy (non-hydrogen) atoms. The number of aromatic amines is 1. The smallest absolute Gasteiger partial charge is 0.226 e. The summed E-state index contributed by atoms with van der Waals surface area (Å²) in [5.41, 5.74) is 5.26. The van der Waals surface area contributed by atoms with Crippen LogP contribution in [0.5, 0.6) is 0 Å². The summed E-state index contributed by atoms with van der Waals surface area (Å²) in [5.74, 6) is 0.923. The van der Waals surface area contributed by atoms with Crippen molar-refractivity contribution in [2.24, 2.45) is 0 Å². The van der Waals surface area contributed by atoms with Crippen LogP contribution in [-0.2, 0) is 6.42 Å². The van der Waals surface area contributed by atoms with Crippen LogP contribution in [-0.4, -0.2) is 51.6 Å². The van der Waals surface area contributed by atoms with Crippen molar-refractivity contribution in [3.05, 3.63) is 53.0 Å². The van der Waals surface area contributed by atoms with Crippen LogP contribution in [0.2, 0.25) is 0 Å². The Kier molecular flexibility index (Phi) is 4.92. The lowest BCUT2D eigenvalue weighted by Crippen LogP contribution is -2.54. The zero-order valence-electron chi connectivity index (χ0n) is 17.7. The number of fused-ring (bicyclic) bond motifs is 3. The number of benzene rings is 1. The zero-order valence-corrected chi connectivity index (χ0v) is 17.7. The number of hydrogen-bond donors (Lipinski definition) is 1. The highest BCUT2D eigenvalue weighted by molar-refractivity contribution is 5.84. The molecule has 2 bridgehead atoms. The lowest BCUT2D eigenvalue weighted by molar-refractivity contribution is 0.216. The molecular formula is C24H28N6. The lowest BCUT2D eigenvalue weighted by atomic mass is 10.1. The second kappa shape index (κ2) is 7.73. The maximum Gasteiger partial charge on any atom is 0.226 e. The number of rotatable bonds is 5. The van der Waals surface area contributed by atoms with Crippen molar-refractivity contribution >= 4 is 16.9 Å².